The molecule has 1 aliphatic heterocycles. The van der Waals surface area contributed by atoms with E-state index in [1.54, 1.807) is 42.7 Å². The summed E-state index contributed by atoms with van der Waals surface area (Å²) in [5, 5.41) is 2.85. The minimum Gasteiger partial charge on any atom is -0.423 e. The van der Waals surface area contributed by atoms with Crippen molar-refractivity contribution in [1.82, 2.24) is 19.9 Å². The number of benzene rings is 1. The lowest BCUT2D eigenvalue weighted by Crippen LogP contribution is -2.36. The first kappa shape index (κ1) is 18.9. The van der Waals surface area contributed by atoms with Crippen molar-refractivity contribution in [3.63, 3.8) is 0 Å². The zero-order valence-corrected chi connectivity index (χ0v) is 16.5. The van der Waals surface area contributed by atoms with Gasteiger partial charge in [-0.2, -0.15) is 4.98 Å². The van der Waals surface area contributed by atoms with Crippen molar-refractivity contribution >= 4 is 34.7 Å². The van der Waals surface area contributed by atoms with E-state index in [9.17, 15) is 4.79 Å². The molecular formula is C21H19N7O3. The maximum absolute atomic E-state index is 12.7. The Morgan fingerprint density at radius 1 is 1.06 bits per heavy atom. The van der Waals surface area contributed by atoms with Crippen molar-refractivity contribution in [2.75, 3.05) is 42.3 Å². The number of nitrogens with one attached hydrogen (secondary N) is 1. The van der Waals surface area contributed by atoms with Crippen LogP contribution in [-0.4, -0.2) is 52.1 Å². The first-order valence-electron chi connectivity index (χ1n) is 9.75. The fourth-order valence-corrected chi connectivity index (χ4v) is 3.27. The number of carbonyl (C=O) groups is 1. The van der Waals surface area contributed by atoms with E-state index in [2.05, 4.69) is 25.3 Å². The Hall–Kier alpha value is -4.05. The van der Waals surface area contributed by atoms with Gasteiger partial charge in [0.2, 0.25) is 5.95 Å². The number of hydrogen-bond donors (Lipinski definition) is 2. The number of anilines is 3. The van der Waals surface area contributed by atoms with E-state index in [1.165, 1.54) is 0 Å². The molecule has 10 nitrogen and oxygen atoms in total. The monoisotopic (exact) mass is 417 g/mol. The van der Waals surface area contributed by atoms with Crippen molar-refractivity contribution in [3.05, 3.63) is 54.5 Å². The third kappa shape index (κ3) is 4.01. The van der Waals surface area contributed by atoms with Crippen LogP contribution in [0, 0.1) is 0 Å². The van der Waals surface area contributed by atoms with Gasteiger partial charge in [0, 0.05) is 42.8 Å². The Morgan fingerprint density at radius 2 is 1.87 bits per heavy atom. The van der Waals surface area contributed by atoms with Crippen LogP contribution in [0.1, 0.15) is 10.5 Å². The standard InChI is InChI=1S/C21H19N7O3/c22-20-23-11-13(12-24-20)15-2-1-3-17(26-15)19(29)25-14-4-5-16-18(10-14)31-21(27-16)28-6-8-30-9-7-28/h1-5,10-12H,6-9H2,(H,25,29)(H2,22,23,24). The quantitative estimate of drug-likeness (QED) is 0.513. The summed E-state index contributed by atoms with van der Waals surface area (Å²) in [6.07, 6.45) is 3.13. The zero-order valence-electron chi connectivity index (χ0n) is 16.5. The average Bonchev–Trinajstić information content (AvgIpc) is 3.24. The number of ether oxygens (including phenoxy) is 1. The lowest BCUT2D eigenvalue weighted by molar-refractivity contribution is 0.102. The van der Waals surface area contributed by atoms with Gasteiger partial charge < -0.3 is 25.1 Å². The molecule has 0 unspecified atom stereocenters. The van der Waals surface area contributed by atoms with E-state index in [1.807, 2.05) is 11.0 Å². The van der Waals surface area contributed by atoms with Crippen LogP contribution in [0.4, 0.5) is 17.7 Å². The van der Waals surface area contributed by atoms with Crippen LogP contribution in [0.15, 0.2) is 53.2 Å². The molecule has 156 valence electrons. The Balaban J connectivity index is 1.35. The molecule has 31 heavy (non-hydrogen) atoms. The zero-order chi connectivity index (χ0) is 21.2. The third-order valence-corrected chi connectivity index (χ3v) is 4.87. The maximum atomic E-state index is 12.7. The van der Waals surface area contributed by atoms with E-state index in [4.69, 9.17) is 14.9 Å². The van der Waals surface area contributed by atoms with Gasteiger partial charge in [-0.25, -0.2) is 15.0 Å². The van der Waals surface area contributed by atoms with Crippen LogP contribution in [0.5, 0.6) is 0 Å². The number of aromatic nitrogens is 4. The molecule has 0 spiro atoms. The van der Waals surface area contributed by atoms with Gasteiger partial charge in [0.25, 0.3) is 11.9 Å². The summed E-state index contributed by atoms with van der Waals surface area (Å²) in [5.74, 6) is -0.164. The minimum atomic E-state index is -0.342. The number of amides is 1. The topological polar surface area (TPSA) is 132 Å². The first-order valence-corrected chi connectivity index (χ1v) is 9.75. The molecule has 5 rings (SSSR count). The molecule has 1 aliphatic rings. The number of carbonyl (C=O) groups excluding carboxylic acids is 1. The predicted molar refractivity (Wildman–Crippen MR) is 115 cm³/mol. The number of fused-ring (bicyclic) bond motifs is 1. The summed E-state index contributed by atoms with van der Waals surface area (Å²) < 4.78 is 11.3. The molecule has 3 aromatic heterocycles. The lowest BCUT2D eigenvalue weighted by Gasteiger charge is -2.24. The number of rotatable bonds is 4. The van der Waals surface area contributed by atoms with Crippen molar-refractivity contribution in [2.45, 2.75) is 0 Å². The molecule has 1 amide bonds. The van der Waals surface area contributed by atoms with E-state index >= 15 is 0 Å². The molecule has 0 saturated carbocycles. The molecule has 4 heterocycles. The molecular weight excluding hydrogens is 398 g/mol. The predicted octanol–water partition coefficient (Wildman–Crippen LogP) is 2.35. The fraction of sp³-hybridized carbons (Fsp3) is 0.190. The van der Waals surface area contributed by atoms with Gasteiger partial charge >= 0.3 is 0 Å². The van der Waals surface area contributed by atoms with E-state index in [-0.39, 0.29) is 17.5 Å². The molecule has 10 heteroatoms. The SMILES string of the molecule is Nc1ncc(-c2cccc(C(=O)Nc3ccc4nc(N5CCOCC5)oc4c3)n2)cn1. The Bertz CT molecular complexity index is 1230. The molecule has 1 saturated heterocycles. The van der Waals surface area contributed by atoms with Gasteiger partial charge in [-0.3, -0.25) is 4.79 Å². The summed E-state index contributed by atoms with van der Waals surface area (Å²) in [6.45, 7) is 2.76. The smallest absolute Gasteiger partial charge is 0.298 e. The van der Waals surface area contributed by atoms with Gasteiger partial charge in [0.15, 0.2) is 5.58 Å². The van der Waals surface area contributed by atoms with Gasteiger partial charge in [-0.15, -0.1) is 0 Å². The van der Waals surface area contributed by atoms with Crippen molar-refractivity contribution in [3.8, 4) is 11.3 Å². The summed E-state index contributed by atoms with van der Waals surface area (Å²) in [4.78, 5) is 31.6. The second kappa shape index (κ2) is 8.00. The minimum absolute atomic E-state index is 0.178. The summed E-state index contributed by atoms with van der Waals surface area (Å²) in [7, 11) is 0. The van der Waals surface area contributed by atoms with Gasteiger partial charge in [0.05, 0.1) is 18.9 Å². The molecule has 0 bridgehead atoms. The molecule has 1 aromatic carbocycles. The molecule has 0 atom stereocenters. The average molecular weight is 417 g/mol. The lowest BCUT2D eigenvalue weighted by atomic mass is 10.2. The Morgan fingerprint density at radius 3 is 2.68 bits per heavy atom. The summed E-state index contributed by atoms with van der Waals surface area (Å²) >= 11 is 0. The number of morpholine rings is 1. The molecule has 1 fully saturated rings. The molecule has 3 N–H and O–H groups in total. The fourth-order valence-electron chi connectivity index (χ4n) is 3.27. The second-order valence-corrected chi connectivity index (χ2v) is 6.97. The highest BCUT2D eigenvalue weighted by molar-refractivity contribution is 6.03. The molecule has 0 aliphatic carbocycles. The summed E-state index contributed by atoms with van der Waals surface area (Å²) in [5.41, 5.74) is 8.95. The van der Waals surface area contributed by atoms with Crippen LogP contribution < -0.4 is 16.0 Å². The third-order valence-electron chi connectivity index (χ3n) is 4.87. The first-order chi connectivity index (χ1) is 15.2. The van der Waals surface area contributed by atoms with Gasteiger partial charge in [-0.05, 0) is 24.3 Å². The number of hydrogen-bond acceptors (Lipinski definition) is 9. The largest absolute Gasteiger partial charge is 0.423 e. The van der Waals surface area contributed by atoms with Crippen molar-refractivity contribution < 1.29 is 13.9 Å². The number of nitrogen functional groups attached to an aromatic ring is 1. The Kier molecular flexibility index (Phi) is 4.89. The van der Waals surface area contributed by atoms with Crippen LogP contribution in [-0.2, 0) is 4.74 Å². The number of nitrogens with zero attached hydrogens (tertiary/aromatic N) is 5. The van der Waals surface area contributed by atoms with E-state index in [0.29, 0.717) is 41.8 Å². The van der Waals surface area contributed by atoms with Gasteiger partial charge in [0.1, 0.15) is 11.2 Å². The van der Waals surface area contributed by atoms with E-state index < -0.39 is 0 Å². The van der Waals surface area contributed by atoms with Gasteiger partial charge in [-0.1, -0.05) is 6.07 Å². The van der Waals surface area contributed by atoms with Crippen molar-refractivity contribution in [2.24, 2.45) is 0 Å². The van der Waals surface area contributed by atoms with Crippen LogP contribution in [0.3, 0.4) is 0 Å². The molecule has 0 radical (unpaired) electrons. The highest BCUT2D eigenvalue weighted by Crippen LogP contribution is 2.25. The summed E-state index contributed by atoms with van der Waals surface area (Å²) in [6, 6.07) is 11.1. The normalized spacial score (nSPS) is 14.0. The highest BCUT2D eigenvalue weighted by Gasteiger charge is 2.18. The molecule has 4 aromatic rings. The second-order valence-electron chi connectivity index (χ2n) is 6.97. The maximum Gasteiger partial charge on any atom is 0.298 e. The highest BCUT2D eigenvalue weighted by atomic mass is 16.5. The van der Waals surface area contributed by atoms with Crippen LogP contribution in [0.25, 0.3) is 22.4 Å². The van der Waals surface area contributed by atoms with Crippen LogP contribution >= 0.6 is 0 Å². The Labute approximate surface area is 177 Å². The van der Waals surface area contributed by atoms with Crippen LogP contribution in [0.2, 0.25) is 0 Å². The van der Waals surface area contributed by atoms with Crippen molar-refractivity contribution in [1.29, 1.82) is 0 Å². The number of oxazole rings is 1. The number of nitrogens with two attached hydrogens (primary N) is 1. The number of pyridine rings is 1. The van der Waals surface area contributed by atoms with E-state index in [0.717, 1.165) is 18.6 Å².